The number of unbranched alkanes of at least 4 members (excludes halogenated alkanes) is 3. The quantitative estimate of drug-likeness (QED) is 0.605. The van der Waals surface area contributed by atoms with Crippen molar-refractivity contribution in [1.82, 2.24) is 4.90 Å². The summed E-state index contributed by atoms with van der Waals surface area (Å²) in [6.07, 6.45) is 6.76. The van der Waals surface area contributed by atoms with Crippen molar-refractivity contribution in [1.29, 1.82) is 0 Å². The minimum absolute atomic E-state index is 0.440. The molecule has 0 bridgehead atoms. The van der Waals surface area contributed by atoms with Gasteiger partial charge in [0.2, 0.25) is 0 Å². The Labute approximate surface area is 129 Å². The summed E-state index contributed by atoms with van der Waals surface area (Å²) in [5.41, 5.74) is 8.85. The van der Waals surface area contributed by atoms with Crippen LogP contribution < -0.4 is 5.73 Å². The number of anilines is 1. The number of piperidine rings is 1. The number of rotatable bonds is 7. The third-order valence-electron chi connectivity index (χ3n) is 5.95. The van der Waals surface area contributed by atoms with Crippen LogP contribution in [0, 0.1) is 11.8 Å². The Morgan fingerprint density at radius 1 is 1.14 bits per heavy atom. The normalized spacial score (nSPS) is 31.3. The first-order chi connectivity index (χ1) is 10.2. The largest absolute Gasteiger partial charge is 0.399 e. The van der Waals surface area contributed by atoms with Crippen molar-refractivity contribution in [2.75, 3.05) is 25.4 Å². The molecule has 0 radical (unpaired) electrons. The van der Waals surface area contributed by atoms with Crippen LogP contribution in [-0.2, 0) is 5.41 Å². The summed E-state index contributed by atoms with van der Waals surface area (Å²) in [6, 6.07) is 8.64. The summed E-state index contributed by atoms with van der Waals surface area (Å²) in [5, 5.41) is 0. The van der Waals surface area contributed by atoms with Gasteiger partial charge in [0.25, 0.3) is 0 Å². The minimum atomic E-state index is 0.440. The molecule has 1 saturated carbocycles. The molecule has 2 nitrogen and oxygen atoms in total. The molecule has 21 heavy (non-hydrogen) atoms. The molecule has 0 spiro atoms. The van der Waals surface area contributed by atoms with Crippen LogP contribution in [0.3, 0.4) is 0 Å². The summed E-state index contributed by atoms with van der Waals surface area (Å²) in [5.74, 6) is 1.74. The van der Waals surface area contributed by atoms with Gasteiger partial charge in [0.1, 0.15) is 0 Å². The molecule has 3 rings (SSSR count). The smallest absolute Gasteiger partial charge is 0.0316 e. The van der Waals surface area contributed by atoms with Crippen LogP contribution in [0.15, 0.2) is 24.3 Å². The standard InChI is InChI=1S/C19H30N2/c1-3-5-6-7-11-21-13-17-18(14-21)19(17,4-2)15-9-8-10-16(20)12-15/h8-10,12,17-18H,3-7,11,13-14,20H2,1-2H3/t17-,18+,19?. The van der Waals surface area contributed by atoms with E-state index in [0.29, 0.717) is 5.41 Å². The topological polar surface area (TPSA) is 29.3 Å². The van der Waals surface area contributed by atoms with Crippen molar-refractivity contribution in [3.05, 3.63) is 29.8 Å². The third kappa shape index (κ3) is 2.59. The molecule has 2 N–H and O–H groups in total. The van der Waals surface area contributed by atoms with Crippen molar-refractivity contribution in [3.63, 3.8) is 0 Å². The summed E-state index contributed by atoms with van der Waals surface area (Å²) in [7, 11) is 0. The molecule has 1 aliphatic carbocycles. The monoisotopic (exact) mass is 286 g/mol. The van der Waals surface area contributed by atoms with E-state index in [9.17, 15) is 0 Å². The molecule has 2 aliphatic rings. The molecule has 0 aromatic heterocycles. The van der Waals surface area contributed by atoms with Crippen molar-refractivity contribution >= 4 is 5.69 Å². The van der Waals surface area contributed by atoms with Crippen molar-refractivity contribution in [2.24, 2.45) is 11.8 Å². The van der Waals surface area contributed by atoms with E-state index in [1.807, 2.05) is 6.07 Å². The van der Waals surface area contributed by atoms with Gasteiger partial charge in [0, 0.05) is 24.2 Å². The molecule has 116 valence electrons. The van der Waals surface area contributed by atoms with Gasteiger partial charge in [-0.15, -0.1) is 0 Å². The number of hydrogen-bond donors (Lipinski definition) is 1. The maximum Gasteiger partial charge on any atom is 0.0316 e. The molecule has 1 aromatic rings. The van der Waals surface area contributed by atoms with Crippen molar-refractivity contribution < 1.29 is 0 Å². The van der Waals surface area contributed by atoms with E-state index in [1.165, 1.54) is 57.3 Å². The zero-order valence-corrected chi connectivity index (χ0v) is 13.6. The lowest BCUT2D eigenvalue weighted by atomic mass is 9.87. The highest BCUT2D eigenvalue weighted by Gasteiger charge is 2.67. The van der Waals surface area contributed by atoms with Crippen LogP contribution in [0.4, 0.5) is 5.69 Å². The van der Waals surface area contributed by atoms with E-state index in [2.05, 4.69) is 36.9 Å². The summed E-state index contributed by atoms with van der Waals surface area (Å²) < 4.78 is 0. The molecular weight excluding hydrogens is 256 g/mol. The van der Waals surface area contributed by atoms with Crippen molar-refractivity contribution in [3.8, 4) is 0 Å². The zero-order valence-electron chi connectivity index (χ0n) is 13.6. The second-order valence-corrected chi connectivity index (χ2v) is 7.05. The molecule has 0 amide bonds. The first-order valence-electron chi connectivity index (χ1n) is 8.80. The van der Waals surface area contributed by atoms with Gasteiger partial charge >= 0.3 is 0 Å². The molecule has 3 atom stereocenters. The summed E-state index contributed by atoms with van der Waals surface area (Å²) in [6.45, 7) is 8.56. The maximum atomic E-state index is 6.00. The average molecular weight is 286 g/mol. The van der Waals surface area contributed by atoms with E-state index in [-0.39, 0.29) is 0 Å². The Morgan fingerprint density at radius 2 is 1.90 bits per heavy atom. The van der Waals surface area contributed by atoms with Crippen LogP contribution in [0.2, 0.25) is 0 Å². The fraction of sp³-hybridized carbons (Fsp3) is 0.684. The lowest BCUT2D eigenvalue weighted by Crippen LogP contribution is -2.31. The second kappa shape index (κ2) is 6.00. The van der Waals surface area contributed by atoms with Gasteiger partial charge in [-0.05, 0) is 48.9 Å². The number of nitrogens with zero attached hydrogens (tertiary/aromatic N) is 1. The first-order valence-corrected chi connectivity index (χ1v) is 8.80. The van der Waals surface area contributed by atoms with Crippen LogP contribution in [0.25, 0.3) is 0 Å². The molecule has 1 unspecified atom stereocenters. The van der Waals surface area contributed by atoms with E-state index in [4.69, 9.17) is 5.73 Å². The van der Waals surface area contributed by atoms with E-state index in [1.54, 1.807) is 0 Å². The molecule has 1 saturated heterocycles. The van der Waals surface area contributed by atoms with Crippen LogP contribution in [-0.4, -0.2) is 24.5 Å². The van der Waals surface area contributed by atoms with E-state index < -0.39 is 0 Å². The SMILES string of the molecule is CCCCCCN1C[C@@H]2[C@H](C1)C2(CC)c1cccc(N)c1. The van der Waals surface area contributed by atoms with Gasteiger partial charge < -0.3 is 10.6 Å². The predicted octanol–water partition coefficient (Wildman–Crippen LogP) is 4.06. The van der Waals surface area contributed by atoms with Gasteiger partial charge in [0.05, 0.1) is 0 Å². The van der Waals surface area contributed by atoms with Gasteiger partial charge in [-0.2, -0.15) is 0 Å². The second-order valence-electron chi connectivity index (χ2n) is 7.05. The van der Waals surface area contributed by atoms with Crippen molar-refractivity contribution in [2.45, 2.75) is 51.4 Å². The fourth-order valence-corrected chi connectivity index (χ4v) is 4.75. The Kier molecular flexibility index (Phi) is 4.26. The Bertz CT molecular complexity index is 470. The number of benzene rings is 1. The average Bonchev–Trinajstić information content (AvgIpc) is 2.87. The number of nitrogens with two attached hydrogens (primary N) is 1. The van der Waals surface area contributed by atoms with Crippen LogP contribution in [0.1, 0.15) is 51.5 Å². The molecule has 1 heterocycles. The number of fused-ring (bicyclic) bond motifs is 1. The number of hydrogen-bond acceptors (Lipinski definition) is 2. The molecule has 1 aliphatic heterocycles. The zero-order chi connectivity index (χ0) is 14.9. The number of nitrogen functional groups attached to an aromatic ring is 1. The third-order valence-corrected chi connectivity index (χ3v) is 5.95. The van der Waals surface area contributed by atoms with Gasteiger partial charge in [-0.25, -0.2) is 0 Å². The van der Waals surface area contributed by atoms with E-state index >= 15 is 0 Å². The molecular formula is C19H30N2. The maximum absolute atomic E-state index is 6.00. The highest BCUT2D eigenvalue weighted by atomic mass is 15.2. The Balaban J connectivity index is 1.58. The molecule has 2 heteroatoms. The summed E-state index contributed by atoms with van der Waals surface area (Å²) >= 11 is 0. The van der Waals surface area contributed by atoms with Gasteiger partial charge in [-0.3, -0.25) is 0 Å². The minimum Gasteiger partial charge on any atom is -0.399 e. The summed E-state index contributed by atoms with van der Waals surface area (Å²) in [4.78, 5) is 2.70. The van der Waals surface area contributed by atoms with Gasteiger partial charge in [-0.1, -0.05) is 45.2 Å². The predicted molar refractivity (Wildman–Crippen MR) is 90.4 cm³/mol. The lowest BCUT2D eigenvalue weighted by Gasteiger charge is -2.26. The van der Waals surface area contributed by atoms with Crippen LogP contribution in [0.5, 0.6) is 0 Å². The highest BCUT2D eigenvalue weighted by Crippen LogP contribution is 2.65. The molecule has 1 aromatic carbocycles. The molecule has 2 fully saturated rings. The van der Waals surface area contributed by atoms with Gasteiger partial charge in [0.15, 0.2) is 0 Å². The fourth-order valence-electron chi connectivity index (χ4n) is 4.75. The Morgan fingerprint density at radius 3 is 2.52 bits per heavy atom. The van der Waals surface area contributed by atoms with E-state index in [0.717, 1.165) is 17.5 Å². The lowest BCUT2D eigenvalue weighted by molar-refractivity contribution is 0.263. The number of likely N-dealkylation sites (tertiary alicyclic amines) is 1. The Hall–Kier alpha value is -1.02. The highest BCUT2D eigenvalue weighted by molar-refractivity contribution is 5.48. The first kappa shape index (κ1) is 14.9. The van der Waals surface area contributed by atoms with Crippen LogP contribution >= 0.6 is 0 Å².